The van der Waals surface area contributed by atoms with Gasteiger partial charge in [-0.05, 0) is 43.3 Å². The first-order valence-electron chi connectivity index (χ1n) is 7.89. The molecule has 0 aliphatic heterocycles. The minimum Gasteiger partial charge on any atom is -0.491 e. The molecule has 0 radical (unpaired) electrons. The van der Waals surface area contributed by atoms with Crippen LogP contribution in [0, 0.1) is 0 Å². The highest BCUT2D eigenvalue weighted by molar-refractivity contribution is 5.94. The van der Waals surface area contributed by atoms with Gasteiger partial charge in [0.1, 0.15) is 23.7 Å². The third-order valence-corrected chi connectivity index (χ3v) is 3.56. The maximum atomic E-state index is 12.3. The fraction of sp³-hybridized carbons (Fsp3) is 0.158. The van der Waals surface area contributed by atoms with E-state index in [4.69, 9.17) is 9.15 Å². The predicted molar refractivity (Wildman–Crippen MR) is 93.6 cm³/mol. The molecule has 3 rings (SSSR count). The van der Waals surface area contributed by atoms with Gasteiger partial charge in [-0.25, -0.2) is 0 Å². The van der Waals surface area contributed by atoms with E-state index in [1.165, 1.54) is 12.3 Å². The van der Waals surface area contributed by atoms with Gasteiger partial charge in [-0.15, -0.1) is 0 Å². The number of furan rings is 1. The number of nitrogens with one attached hydrogen (secondary N) is 2. The minimum absolute atomic E-state index is 0.0434. The molecule has 2 aromatic heterocycles. The second kappa shape index (κ2) is 7.53. The number of rotatable bonds is 6. The maximum Gasteiger partial charge on any atom is 0.261 e. The van der Waals surface area contributed by atoms with E-state index in [1.54, 1.807) is 18.2 Å². The minimum atomic E-state index is -0.470. The molecule has 0 fully saturated rings. The molecule has 2 N–H and O–H groups in total. The Balaban J connectivity index is 1.62. The zero-order valence-electron chi connectivity index (χ0n) is 13.7. The van der Waals surface area contributed by atoms with Gasteiger partial charge >= 0.3 is 0 Å². The third kappa shape index (κ3) is 4.17. The highest BCUT2D eigenvalue weighted by Crippen LogP contribution is 2.15. The van der Waals surface area contributed by atoms with Crippen LogP contribution >= 0.6 is 0 Å². The molecule has 1 atom stereocenters. The summed E-state index contributed by atoms with van der Waals surface area (Å²) in [6.45, 7) is 2.12. The van der Waals surface area contributed by atoms with Crippen LogP contribution in [0.2, 0.25) is 0 Å². The monoisotopic (exact) mass is 338 g/mol. The number of H-pyrrole nitrogens is 1. The van der Waals surface area contributed by atoms with Crippen molar-refractivity contribution in [3.63, 3.8) is 0 Å². The van der Waals surface area contributed by atoms with Crippen LogP contribution in [0.3, 0.4) is 0 Å². The molecule has 0 aliphatic carbocycles. The van der Waals surface area contributed by atoms with Gasteiger partial charge in [-0.2, -0.15) is 0 Å². The van der Waals surface area contributed by atoms with E-state index in [0.29, 0.717) is 18.1 Å². The van der Waals surface area contributed by atoms with Gasteiger partial charge in [0.15, 0.2) is 0 Å². The SMILES string of the molecule is C[C@@H](COc1ccccc1)NC(=O)c1ccc(-c2ccco2)[nH]c1=O. The lowest BCUT2D eigenvalue weighted by atomic mass is 10.2. The molecule has 3 aromatic rings. The van der Waals surface area contributed by atoms with Crippen molar-refractivity contribution >= 4 is 5.91 Å². The van der Waals surface area contributed by atoms with Crippen molar-refractivity contribution in [2.45, 2.75) is 13.0 Å². The molecule has 1 amide bonds. The highest BCUT2D eigenvalue weighted by Gasteiger charge is 2.15. The van der Waals surface area contributed by atoms with Gasteiger partial charge in [-0.3, -0.25) is 9.59 Å². The van der Waals surface area contributed by atoms with Crippen molar-refractivity contribution in [2.75, 3.05) is 6.61 Å². The molecule has 1 aromatic carbocycles. The number of carbonyl (C=O) groups excluding carboxylic acids is 1. The van der Waals surface area contributed by atoms with E-state index < -0.39 is 11.5 Å². The maximum absolute atomic E-state index is 12.3. The number of benzene rings is 1. The van der Waals surface area contributed by atoms with Crippen LogP contribution in [-0.2, 0) is 0 Å². The normalized spacial score (nSPS) is 11.7. The van der Waals surface area contributed by atoms with E-state index in [1.807, 2.05) is 37.3 Å². The van der Waals surface area contributed by atoms with Gasteiger partial charge < -0.3 is 19.5 Å². The molecule has 6 heteroatoms. The van der Waals surface area contributed by atoms with Gasteiger partial charge in [0.05, 0.1) is 18.0 Å². The van der Waals surface area contributed by atoms with Crippen molar-refractivity contribution in [1.29, 1.82) is 0 Å². The molecule has 0 saturated heterocycles. The summed E-state index contributed by atoms with van der Waals surface area (Å²) in [5.41, 5.74) is 0.0939. The Morgan fingerprint density at radius 3 is 2.64 bits per heavy atom. The lowest BCUT2D eigenvalue weighted by Crippen LogP contribution is -2.39. The first-order chi connectivity index (χ1) is 12.1. The Hall–Kier alpha value is -3.28. The number of ether oxygens (including phenoxy) is 1. The lowest BCUT2D eigenvalue weighted by molar-refractivity contribution is 0.0925. The molecule has 0 spiro atoms. The number of para-hydroxylation sites is 1. The summed E-state index contributed by atoms with van der Waals surface area (Å²) in [4.78, 5) is 27.1. The van der Waals surface area contributed by atoms with Crippen LogP contribution in [0.5, 0.6) is 5.75 Å². The molecule has 0 saturated carbocycles. The third-order valence-electron chi connectivity index (χ3n) is 3.56. The quantitative estimate of drug-likeness (QED) is 0.724. The van der Waals surface area contributed by atoms with Crippen LogP contribution in [0.1, 0.15) is 17.3 Å². The molecule has 0 unspecified atom stereocenters. The van der Waals surface area contributed by atoms with Crippen molar-refractivity contribution in [3.05, 3.63) is 76.8 Å². The van der Waals surface area contributed by atoms with E-state index in [2.05, 4.69) is 10.3 Å². The molecule has 128 valence electrons. The molecular weight excluding hydrogens is 320 g/mol. The average molecular weight is 338 g/mol. The molecule has 6 nitrogen and oxygen atoms in total. The van der Waals surface area contributed by atoms with Gasteiger partial charge in [0.2, 0.25) is 0 Å². The summed E-state index contributed by atoms with van der Waals surface area (Å²) in [6.07, 6.45) is 1.52. The summed E-state index contributed by atoms with van der Waals surface area (Å²) in [6, 6.07) is 15.7. The molecule has 0 aliphatic rings. The summed E-state index contributed by atoms with van der Waals surface area (Å²) >= 11 is 0. The first-order valence-corrected chi connectivity index (χ1v) is 7.89. The Bertz CT molecular complexity index is 885. The molecule has 25 heavy (non-hydrogen) atoms. The summed E-state index contributed by atoms with van der Waals surface area (Å²) in [7, 11) is 0. The van der Waals surface area contributed by atoms with Crippen LogP contribution < -0.4 is 15.6 Å². The van der Waals surface area contributed by atoms with E-state index in [-0.39, 0.29) is 11.6 Å². The number of aromatic amines is 1. The molecule has 0 bridgehead atoms. The number of hydrogen-bond donors (Lipinski definition) is 2. The zero-order chi connectivity index (χ0) is 17.6. The summed E-state index contributed by atoms with van der Waals surface area (Å²) in [5.74, 6) is 0.814. The second-order valence-corrected chi connectivity index (χ2v) is 5.59. The first kappa shape index (κ1) is 16.6. The van der Waals surface area contributed by atoms with E-state index >= 15 is 0 Å². The largest absolute Gasteiger partial charge is 0.491 e. The van der Waals surface area contributed by atoms with Crippen LogP contribution in [0.25, 0.3) is 11.5 Å². The van der Waals surface area contributed by atoms with Crippen LogP contribution in [0.15, 0.2) is 70.1 Å². The second-order valence-electron chi connectivity index (χ2n) is 5.59. The van der Waals surface area contributed by atoms with Gasteiger partial charge in [0.25, 0.3) is 11.5 Å². The average Bonchev–Trinajstić information content (AvgIpc) is 3.15. The number of aromatic nitrogens is 1. The molecule has 2 heterocycles. The number of pyridine rings is 1. The topological polar surface area (TPSA) is 84.3 Å². The fourth-order valence-corrected chi connectivity index (χ4v) is 2.31. The Kier molecular flexibility index (Phi) is 4.99. The van der Waals surface area contributed by atoms with Gasteiger partial charge in [0, 0.05) is 0 Å². The zero-order valence-corrected chi connectivity index (χ0v) is 13.7. The van der Waals surface area contributed by atoms with Crippen molar-refractivity contribution in [1.82, 2.24) is 10.3 Å². The van der Waals surface area contributed by atoms with Crippen LogP contribution in [-0.4, -0.2) is 23.5 Å². The van der Waals surface area contributed by atoms with E-state index in [0.717, 1.165) is 5.75 Å². The summed E-state index contributed by atoms with van der Waals surface area (Å²) < 4.78 is 10.8. The Labute approximate surface area is 144 Å². The number of hydrogen-bond acceptors (Lipinski definition) is 4. The number of carbonyl (C=O) groups is 1. The Morgan fingerprint density at radius 2 is 1.96 bits per heavy atom. The standard InChI is InChI=1S/C19H18N2O4/c1-13(12-25-14-6-3-2-4-7-14)20-18(22)15-9-10-16(21-19(15)23)17-8-5-11-24-17/h2-11,13H,12H2,1H3,(H,20,22)(H,21,23)/t13-/m0/s1. The van der Waals surface area contributed by atoms with Crippen molar-refractivity contribution < 1.29 is 13.9 Å². The van der Waals surface area contributed by atoms with Crippen molar-refractivity contribution in [2.24, 2.45) is 0 Å². The summed E-state index contributed by atoms with van der Waals surface area (Å²) in [5, 5.41) is 2.75. The van der Waals surface area contributed by atoms with E-state index in [9.17, 15) is 9.59 Å². The van der Waals surface area contributed by atoms with Gasteiger partial charge in [-0.1, -0.05) is 18.2 Å². The van der Waals surface area contributed by atoms with Crippen molar-refractivity contribution in [3.8, 4) is 17.2 Å². The highest BCUT2D eigenvalue weighted by atomic mass is 16.5. The molecular formula is C19H18N2O4. The smallest absolute Gasteiger partial charge is 0.261 e. The fourth-order valence-electron chi connectivity index (χ4n) is 2.31. The van der Waals surface area contributed by atoms with Crippen LogP contribution in [0.4, 0.5) is 0 Å². The number of amides is 1. The predicted octanol–water partition coefficient (Wildman–Crippen LogP) is 2.83. The lowest BCUT2D eigenvalue weighted by Gasteiger charge is -2.15. The Morgan fingerprint density at radius 1 is 1.16 bits per heavy atom.